The SMILES string of the molecule is COc1cc(CC(O)c2ccc(C)cc2Cl)ncn1. The molecule has 5 heteroatoms. The predicted octanol–water partition coefficient (Wildman–Crippen LogP) is 2.72. The average molecular weight is 279 g/mol. The van der Waals surface area contributed by atoms with E-state index in [0.29, 0.717) is 28.6 Å². The van der Waals surface area contributed by atoms with E-state index in [0.717, 1.165) is 5.56 Å². The first-order valence-corrected chi connectivity index (χ1v) is 6.27. The summed E-state index contributed by atoms with van der Waals surface area (Å²) in [5.41, 5.74) is 2.46. The lowest BCUT2D eigenvalue weighted by molar-refractivity contribution is 0.177. The van der Waals surface area contributed by atoms with Gasteiger partial charge >= 0.3 is 0 Å². The van der Waals surface area contributed by atoms with Gasteiger partial charge in [0.1, 0.15) is 6.33 Å². The molecule has 0 saturated carbocycles. The molecule has 0 amide bonds. The van der Waals surface area contributed by atoms with Crippen LogP contribution < -0.4 is 4.74 Å². The molecule has 1 aromatic carbocycles. The van der Waals surface area contributed by atoms with Crippen LogP contribution >= 0.6 is 11.6 Å². The number of hydrogen-bond donors (Lipinski definition) is 1. The fourth-order valence-corrected chi connectivity index (χ4v) is 2.17. The smallest absolute Gasteiger partial charge is 0.216 e. The monoisotopic (exact) mass is 278 g/mol. The Kier molecular flexibility index (Phi) is 4.35. The van der Waals surface area contributed by atoms with Gasteiger partial charge in [0, 0.05) is 17.5 Å². The molecule has 0 aliphatic rings. The largest absolute Gasteiger partial charge is 0.481 e. The highest BCUT2D eigenvalue weighted by Crippen LogP contribution is 2.26. The molecule has 19 heavy (non-hydrogen) atoms. The molecule has 2 aromatic rings. The second-order valence-electron chi connectivity index (χ2n) is 4.30. The fourth-order valence-electron chi connectivity index (χ4n) is 1.81. The van der Waals surface area contributed by atoms with Crippen LogP contribution in [0.4, 0.5) is 0 Å². The van der Waals surface area contributed by atoms with E-state index in [4.69, 9.17) is 16.3 Å². The molecule has 1 unspecified atom stereocenters. The first-order valence-electron chi connectivity index (χ1n) is 5.89. The van der Waals surface area contributed by atoms with Gasteiger partial charge in [0.15, 0.2) is 0 Å². The van der Waals surface area contributed by atoms with Crippen molar-refractivity contribution in [2.45, 2.75) is 19.4 Å². The Morgan fingerprint density at radius 2 is 2.11 bits per heavy atom. The van der Waals surface area contributed by atoms with Crippen molar-refractivity contribution in [2.75, 3.05) is 7.11 Å². The molecule has 1 N–H and O–H groups in total. The molecule has 4 nitrogen and oxygen atoms in total. The summed E-state index contributed by atoms with van der Waals surface area (Å²) in [5, 5.41) is 10.8. The van der Waals surface area contributed by atoms with Crippen molar-refractivity contribution in [3.05, 3.63) is 52.4 Å². The molecular weight excluding hydrogens is 264 g/mol. The molecule has 1 aromatic heterocycles. The van der Waals surface area contributed by atoms with Gasteiger partial charge in [0.2, 0.25) is 5.88 Å². The molecule has 1 heterocycles. The van der Waals surface area contributed by atoms with Crippen molar-refractivity contribution in [2.24, 2.45) is 0 Å². The van der Waals surface area contributed by atoms with E-state index >= 15 is 0 Å². The maximum Gasteiger partial charge on any atom is 0.216 e. The second-order valence-corrected chi connectivity index (χ2v) is 4.70. The average Bonchev–Trinajstić information content (AvgIpc) is 2.38. The van der Waals surface area contributed by atoms with Crippen LogP contribution in [0.5, 0.6) is 5.88 Å². The van der Waals surface area contributed by atoms with E-state index in [1.807, 2.05) is 25.1 Å². The Labute approximate surface area is 117 Å². The zero-order valence-corrected chi connectivity index (χ0v) is 11.6. The second kappa shape index (κ2) is 5.99. The number of benzene rings is 1. The summed E-state index contributed by atoms with van der Waals surface area (Å²) in [4.78, 5) is 8.03. The number of aryl methyl sites for hydroxylation is 1. The molecule has 0 fully saturated rings. The molecule has 0 spiro atoms. The normalized spacial score (nSPS) is 12.2. The van der Waals surface area contributed by atoms with Gasteiger partial charge in [0.05, 0.1) is 18.9 Å². The molecule has 2 rings (SSSR count). The van der Waals surface area contributed by atoms with Crippen LogP contribution in [0.2, 0.25) is 5.02 Å². The number of rotatable bonds is 4. The van der Waals surface area contributed by atoms with Crippen LogP contribution in [0.1, 0.15) is 22.9 Å². The van der Waals surface area contributed by atoms with Crippen molar-refractivity contribution < 1.29 is 9.84 Å². The van der Waals surface area contributed by atoms with Crippen molar-refractivity contribution >= 4 is 11.6 Å². The van der Waals surface area contributed by atoms with E-state index in [9.17, 15) is 5.11 Å². The van der Waals surface area contributed by atoms with Gasteiger partial charge in [-0.3, -0.25) is 0 Å². The highest BCUT2D eigenvalue weighted by Gasteiger charge is 2.13. The highest BCUT2D eigenvalue weighted by atomic mass is 35.5. The summed E-state index contributed by atoms with van der Waals surface area (Å²) in [6, 6.07) is 7.29. The van der Waals surface area contributed by atoms with Gasteiger partial charge in [0.25, 0.3) is 0 Å². The number of hydrogen-bond acceptors (Lipinski definition) is 4. The third-order valence-corrected chi connectivity index (χ3v) is 3.15. The van der Waals surface area contributed by atoms with Crippen molar-refractivity contribution in [3.8, 4) is 5.88 Å². The third-order valence-electron chi connectivity index (χ3n) is 2.83. The first kappa shape index (κ1) is 13.8. The molecule has 0 aliphatic heterocycles. The van der Waals surface area contributed by atoms with E-state index in [1.54, 1.807) is 13.2 Å². The minimum Gasteiger partial charge on any atom is -0.481 e. The summed E-state index contributed by atoms with van der Waals surface area (Å²) < 4.78 is 5.02. The van der Waals surface area contributed by atoms with Crippen LogP contribution in [0.3, 0.4) is 0 Å². The summed E-state index contributed by atoms with van der Waals surface area (Å²) in [6.45, 7) is 1.96. The number of nitrogens with zero attached hydrogens (tertiary/aromatic N) is 2. The van der Waals surface area contributed by atoms with Gasteiger partial charge in [-0.15, -0.1) is 0 Å². The molecule has 100 valence electrons. The number of ether oxygens (including phenoxy) is 1. The Morgan fingerprint density at radius 3 is 2.79 bits per heavy atom. The minimum absolute atomic E-state index is 0.363. The molecule has 1 atom stereocenters. The van der Waals surface area contributed by atoms with Crippen LogP contribution in [0.25, 0.3) is 0 Å². The summed E-state index contributed by atoms with van der Waals surface area (Å²) >= 11 is 6.13. The minimum atomic E-state index is -0.701. The number of aromatic nitrogens is 2. The maximum absolute atomic E-state index is 10.2. The van der Waals surface area contributed by atoms with Gasteiger partial charge in [-0.25, -0.2) is 9.97 Å². The number of methoxy groups -OCH3 is 1. The molecule has 0 bridgehead atoms. The van der Waals surface area contributed by atoms with Crippen LogP contribution in [-0.2, 0) is 6.42 Å². The van der Waals surface area contributed by atoms with Gasteiger partial charge in [-0.1, -0.05) is 23.7 Å². The molecule has 0 radical (unpaired) electrons. The van der Waals surface area contributed by atoms with Crippen molar-refractivity contribution in [1.82, 2.24) is 9.97 Å². The molecule has 0 aliphatic carbocycles. The fraction of sp³-hybridized carbons (Fsp3) is 0.286. The zero-order valence-electron chi connectivity index (χ0n) is 10.8. The van der Waals surface area contributed by atoms with Gasteiger partial charge in [-0.05, 0) is 24.1 Å². The number of halogens is 1. The zero-order chi connectivity index (χ0) is 13.8. The van der Waals surface area contributed by atoms with E-state index < -0.39 is 6.10 Å². The summed E-state index contributed by atoms with van der Waals surface area (Å²) in [6.07, 6.45) is 1.08. The van der Waals surface area contributed by atoms with Crippen molar-refractivity contribution in [1.29, 1.82) is 0 Å². The highest BCUT2D eigenvalue weighted by molar-refractivity contribution is 6.31. The number of aliphatic hydroxyl groups is 1. The maximum atomic E-state index is 10.2. The van der Waals surface area contributed by atoms with Crippen LogP contribution in [-0.4, -0.2) is 22.2 Å². The summed E-state index contributed by atoms with van der Waals surface area (Å²) in [5.74, 6) is 0.479. The van der Waals surface area contributed by atoms with Gasteiger partial charge in [-0.2, -0.15) is 0 Å². The lowest BCUT2D eigenvalue weighted by Gasteiger charge is -2.13. The quantitative estimate of drug-likeness (QED) is 0.934. The predicted molar refractivity (Wildman–Crippen MR) is 73.4 cm³/mol. The Balaban J connectivity index is 2.17. The lowest BCUT2D eigenvalue weighted by Crippen LogP contribution is -2.05. The standard InChI is InChI=1S/C14H15ClN2O2/c1-9-3-4-11(12(15)5-9)13(18)6-10-7-14(19-2)17-8-16-10/h3-5,7-8,13,18H,6H2,1-2H3. The van der Waals surface area contributed by atoms with Gasteiger partial charge < -0.3 is 9.84 Å². The Hall–Kier alpha value is -1.65. The third kappa shape index (κ3) is 3.43. The lowest BCUT2D eigenvalue weighted by atomic mass is 10.0. The molecule has 0 saturated heterocycles. The van der Waals surface area contributed by atoms with Crippen LogP contribution in [0.15, 0.2) is 30.6 Å². The Bertz CT molecular complexity index is 575. The van der Waals surface area contributed by atoms with E-state index in [2.05, 4.69) is 9.97 Å². The van der Waals surface area contributed by atoms with Crippen molar-refractivity contribution in [3.63, 3.8) is 0 Å². The van der Waals surface area contributed by atoms with E-state index in [-0.39, 0.29) is 0 Å². The van der Waals surface area contributed by atoms with Crippen LogP contribution in [0, 0.1) is 6.92 Å². The van der Waals surface area contributed by atoms with E-state index in [1.165, 1.54) is 6.33 Å². The Morgan fingerprint density at radius 1 is 1.32 bits per heavy atom. The first-order chi connectivity index (χ1) is 9.10. The topological polar surface area (TPSA) is 55.2 Å². The summed E-state index contributed by atoms with van der Waals surface area (Å²) in [7, 11) is 1.54. The number of aliphatic hydroxyl groups excluding tert-OH is 1. The molecular formula is C14H15ClN2O2.